The zero-order valence-electron chi connectivity index (χ0n) is 9.02. The van der Waals surface area contributed by atoms with Crippen LogP contribution in [0.4, 0.5) is 0 Å². The van der Waals surface area contributed by atoms with E-state index in [1.165, 1.54) is 0 Å². The van der Waals surface area contributed by atoms with Gasteiger partial charge in [-0.05, 0) is 13.0 Å². The van der Waals surface area contributed by atoms with Crippen molar-refractivity contribution in [2.75, 3.05) is 19.7 Å². The lowest BCUT2D eigenvalue weighted by molar-refractivity contribution is 0.142. The summed E-state index contributed by atoms with van der Waals surface area (Å²) >= 11 is 1.65. The molecule has 5 heteroatoms. The molecule has 0 aliphatic carbocycles. The molecule has 2 N–H and O–H groups in total. The van der Waals surface area contributed by atoms with Crippen LogP contribution in [-0.2, 0) is 6.42 Å². The molecule has 4 nitrogen and oxygen atoms in total. The van der Waals surface area contributed by atoms with Crippen LogP contribution in [0, 0.1) is 5.41 Å². The first-order valence-corrected chi connectivity index (χ1v) is 6.42. The van der Waals surface area contributed by atoms with Crippen LogP contribution in [0.25, 0.3) is 4.96 Å². The molecule has 0 amide bonds. The smallest absolute Gasteiger partial charge is 0.193 e. The minimum atomic E-state index is 0.00400. The maximum absolute atomic E-state index is 9.53. The van der Waals surface area contributed by atoms with Gasteiger partial charge in [0.05, 0.1) is 12.3 Å². The van der Waals surface area contributed by atoms with Gasteiger partial charge in [0.25, 0.3) is 0 Å². The van der Waals surface area contributed by atoms with Gasteiger partial charge in [-0.1, -0.05) is 0 Å². The standard InChI is InChI=1S/C11H15N3OS/c15-8-11(1-2-12-7-11)5-9-6-14-3-4-16-10(14)13-9/h3-4,6,12,15H,1-2,5,7-8H2. The van der Waals surface area contributed by atoms with Gasteiger partial charge in [-0.25, -0.2) is 4.98 Å². The molecule has 0 aromatic carbocycles. The van der Waals surface area contributed by atoms with Gasteiger partial charge in [-0.2, -0.15) is 0 Å². The molecule has 1 fully saturated rings. The van der Waals surface area contributed by atoms with Gasteiger partial charge < -0.3 is 10.4 Å². The van der Waals surface area contributed by atoms with Gasteiger partial charge in [0.2, 0.25) is 0 Å². The average Bonchev–Trinajstić information content (AvgIpc) is 2.93. The summed E-state index contributed by atoms with van der Waals surface area (Å²) in [7, 11) is 0. The lowest BCUT2D eigenvalue weighted by atomic mass is 9.83. The van der Waals surface area contributed by atoms with E-state index in [4.69, 9.17) is 0 Å². The lowest BCUT2D eigenvalue weighted by Crippen LogP contribution is -2.30. The van der Waals surface area contributed by atoms with E-state index in [0.717, 1.165) is 36.6 Å². The number of hydrogen-bond acceptors (Lipinski definition) is 4. The molecule has 1 aliphatic rings. The van der Waals surface area contributed by atoms with E-state index in [0.29, 0.717) is 0 Å². The zero-order valence-corrected chi connectivity index (χ0v) is 9.83. The SMILES string of the molecule is OCC1(Cc2cn3ccsc3n2)CCNC1. The minimum absolute atomic E-state index is 0.00400. The summed E-state index contributed by atoms with van der Waals surface area (Å²) in [5, 5.41) is 14.9. The van der Waals surface area contributed by atoms with Crippen LogP contribution in [-0.4, -0.2) is 34.2 Å². The Balaban J connectivity index is 1.85. The molecule has 0 saturated carbocycles. The highest BCUT2D eigenvalue weighted by molar-refractivity contribution is 7.15. The van der Waals surface area contributed by atoms with Crippen molar-refractivity contribution >= 4 is 16.3 Å². The number of fused-ring (bicyclic) bond motifs is 1. The number of nitrogens with one attached hydrogen (secondary N) is 1. The van der Waals surface area contributed by atoms with Crippen molar-refractivity contribution < 1.29 is 5.11 Å². The van der Waals surface area contributed by atoms with E-state index < -0.39 is 0 Å². The quantitative estimate of drug-likeness (QED) is 0.834. The summed E-state index contributed by atoms with van der Waals surface area (Å²) in [6.45, 7) is 2.14. The Morgan fingerprint density at radius 3 is 3.25 bits per heavy atom. The third kappa shape index (κ3) is 1.65. The molecule has 2 aromatic rings. The largest absolute Gasteiger partial charge is 0.396 e. The first-order valence-electron chi connectivity index (χ1n) is 5.54. The fourth-order valence-electron chi connectivity index (χ4n) is 2.38. The molecule has 2 aromatic heterocycles. The highest BCUT2D eigenvalue weighted by Crippen LogP contribution is 2.29. The van der Waals surface area contributed by atoms with Crippen molar-refractivity contribution in [1.29, 1.82) is 0 Å². The molecule has 0 radical (unpaired) electrons. The zero-order chi connectivity index (χ0) is 11.0. The molecular weight excluding hydrogens is 222 g/mol. The maximum atomic E-state index is 9.53. The third-order valence-electron chi connectivity index (χ3n) is 3.37. The number of nitrogens with zero attached hydrogens (tertiary/aromatic N) is 2. The van der Waals surface area contributed by atoms with Crippen LogP contribution < -0.4 is 5.32 Å². The predicted molar refractivity (Wildman–Crippen MR) is 63.8 cm³/mol. The normalized spacial score (nSPS) is 25.6. The van der Waals surface area contributed by atoms with Crippen molar-refractivity contribution in [3.63, 3.8) is 0 Å². The number of hydrogen-bond donors (Lipinski definition) is 2. The van der Waals surface area contributed by atoms with E-state index in [-0.39, 0.29) is 12.0 Å². The fraction of sp³-hybridized carbons (Fsp3) is 0.545. The predicted octanol–water partition coefficient (Wildman–Crippen LogP) is 0.910. The Kier molecular flexibility index (Phi) is 2.46. The topological polar surface area (TPSA) is 49.6 Å². The molecule has 0 spiro atoms. The van der Waals surface area contributed by atoms with Gasteiger partial charge in [0.15, 0.2) is 4.96 Å². The van der Waals surface area contributed by atoms with Crippen LogP contribution in [0.5, 0.6) is 0 Å². The highest BCUT2D eigenvalue weighted by atomic mass is 32.1. The van der Waals surface area contributed by atoms with Crippen LogP contribution >= 0.6 is 11.3 Å². The second-order valence-corrected chi connectivity index (χ2v) is 5.46. The summed E-state index contributed by atoms with van der Waals surface area (Å²) in [4.78, 5) is 5.61. The monoisotopic (exact) mass is 237 g/mol. The maximum Gasteiger partial charge on any atom is 0.193 e. The molecule has 0 bridgehead atoms. The van der Waals surface area contributed by atoms with E-state index >= 15 is 0 Å². The van der Waals surface area contributed by atoms with Gasteiger partial charge in [-0.15, -0.1) is 11.3 Å². The molecule has 16 heavy (non-hydrogen) atoms. The first-order chi connectivity index (χ1) is 7.81. The van der Waals surface area contributed by atoms with Crippen LogP contribution in [0.15, 0.2) is 17.8 Å². The van der Waals surface area contributed by atoms with Gasteiger partial charge in [0, 0.05) is 36.2 Å². The van der Waals surface area contributed by atoms with Crippen molar-refractivity contribution in [2.24, 2.45) is 5.41 Å². The van der Waals surface area contributed by atoms with Crippen molar-refractivity contribution in [2.45, 2.75) is 12.8 Å². The molecular formula is C11H15N3OS. The highest BCUT2D eigenvalue weighted by Gasteiger charge is 2.34. The number of rotatable bonds is 3. The number of aromatic nitrogens is 2. The first kappa shape index (κ1) is 10.3. The Labute approximate surface area is 97.9 Å². The second-order valence-electron chi connectivity index (χ2n) is 4.59. The minimum Gasteiger partial charge on any atom is -0.396 e. The van der Waals surface area contributed by atoms with E-state index in [1.807, 2.05) is 16.0 Å². The molecule has 3 heterocycles. The van der Waals surface area contributed by atoms with Crippen LogP contribution in [0.1, 0.15) is 12.1 Å². The number of aliphatic hydroxyl groups excluding tert-OH is 1. The van der Waals surface area contributed by atoms with E-state index in [2.05, 4.69) is 16.5 Å². The Bertz CT molecular complexity index is 456. The summed E-state index contributed by atoms with van der Waals surface area (Å²) < 4.78 is 2.05. The van der Waals surface area contributed by atoms with E-state index in [1.54, 1.807) is 11.3 Å². The number of imidazole rings is 1. The van der Waals surface area contributed by atoms with Crippen LogP contribution in [0.3, 0.4) is 0 Å². The molecule has 1 unspecified atom stereocenters. The lowest BCUT2D eigenvalue weighted by Gasteiger charge is -2.24. The Morgan fingerprint density at radius 1 is 1.62 bits per heavy atom. The average molecular weight is 237 g/mol. The van der Waals surface area contributed by atoms with Gasteiger partial charge in [-0.3, -0.25) is 4.40 Å². The van der Waals surface area contributed by atoms with Crippen molar-refractivity contribution in [3.05, 3.63) is 23.5 Å². The second kappa shape index (κ2) is 3.84. The van der Waals surface area contributed by atoms with Gasteiger partial charge in [0.1, 0.15) is 0 Å². The molecule has 1 saturated heterocycles. The van der Waals surface area contributed by atoms with Crippen molar-refractivity contribution in [1.82, 2.24) is 14.7 Å². The number of thiazole rings is 1. The van der Waals surface area contributed by atoms with Crippen LogP contribution in [0.2, 0.25) is 0 Å². The van der Waals surface area contributed by atoms with E-state index in [9.17, 15) is 5.11 Å². The van der Waals surface area contributed by atoms with Gasteiger partial charge >= 0.3 is 0 Å². The third-order valence-corrected chi connectivity index (χ3v) is 4.14. The molecule has 1 atom stereocenters. The Morgan fingerprint density at radius 2 is 2.56 bits per heavy atom. The Hall–Kier alpha value is -0.910. The molecule has 1 aliphatic heterocycles. The summed E-state index contributed by atoms with van der Waals surface area (Å²) in [5.74, 6) is 0. The summed E-state index contributed by atoms with van der Waals surface area (Å²) in [6.07, 6.45) is 6.00. The number of aliphatic hydroxyl groups is 1. The molecule has 86 valence electrons. The fourth-order valence-corrected chi connectivity index (χ4v) is 3.10. The van der Waals surface area contributed by atoms with Crippen molar-refractivity contribution in [3.8, 4) is 0 Å². The molecule has 3 rings (SSSR count). The summed E-state index contributed by atoms with van der Waals surface area (Å²) in [6, 6.07) is 0. The summed E-state index contributed by atoms with van der Waals surface area (Å²) in [5.41, 5.74) is 1.09.